The van der Waals surface area contributed by atoms with Gasteiger partial charge in [0.25, 0.3) is 0 Å². The van der Waals surface area contributed by atoms with Crippen LogP contribution in [-0.2, 0) is 4.74 Å². The van der Waals surface area contributed by atoms with Crippen LogP contribution in [0, 0.1) is 0 Å². The predicted octanol–water partition coefficient (Wildman–Crippen LogP) is 2.97. The molecule has 1 aromatic rings. The van der Waals surface area contributed by atoms with E-state index in [-0.39, 0.29) is 6.10 Å². The van der Waals surface area contributed by atoms with Gasteiger partial charge in [0.1, 0.15) is 6.10 Å². The van der Waals surface area contributed by atoms with E-state index in [1.807, 2.05) is 24.6 Å². The van der Waals surface area contributed by atoms with Crippen molar-refractivity contribution in [3.8, 4) is 0 Å². The zero-order valence-electron chi connectivity index (χ0n) is 7.66. The van der Waals surface area contributed by atoms with Gasteiger partial charge >= 0.3 is 0 Å². The van der Waals surface area contributed by atoms with E-state index >= 15 is 0 Å². The highest BCUT2D eigenvalue weighted by Crippen LogP contribution is 2.27. The van der Waals surface area contributed by atoms with Crippen LogP contribution in [0.4, 0.5) is 0 Å². The maximum Gasteiger partial charge on any atom is 0.104 e. The molecule has 0 aliphatic heterocycles. The lowest BCUT2D eigenvalue weighted by Gasteiger charge is -2.12. The Morgan fingerprint density at radius 1 is 1.54 bits per heavy atom. The summed E-state index contributed by atoms with van der Waals surface area (Å²) in [5.74, 6) is 0. The lowest BCUT2D eigenvalue weighted by atomic mass is 10.2. The zero-order chi connectivity index (χ0) is 9.84. The average molecular weight is 265 g/mol. The molecule has 0 amide bonds. The number of aliphatic hydroxyl groups is 1. The highest BCUT2D eigenvalue weighted by Gasteiger charge is 2.12. The van der Waals surface area contributed by atoms with E-state index in [1.165, 1.54) is 0 Å². The summed E-state index contributed by atoms with van der Waals surface area (Å²) >= 11 is 4.94. The summed E-state index contributed by atoms with van der Waals surface area (Å²) in [5, 5.41) is 13.6. The fourth-order valence-electron chi connectivity index (χ4n) is 0.902. The van der Waals surface area contributed by atoms with E-state index < -0.39 is 6.10 Å². The molecule has 1 heterocycles. The molecule has 0 aliphatic rings. The van der Waals surface area contributed by atoms with Crippen LogP contribution in [0.2, 0.25) is 0 Å². The SMILES string of the molecule is CC(C)OCC(O)c1cscc1Br. The van der Waals surface area contributed by atoms with Crippen molar-refractivity contribution in [1.29, 1.82) is 0 Å². The standard InChI is InChI=1S/C9H13BrO2S/c1-6(2)12-3-9(11)7-4-13-5-8(7)10/h4-6,9,11H,3H2,1-2H3. The Labute approximate surface area is 90.7 Å². The molecular formula is C9H13BrO2S. The molecule has 0 fully saturated rings. The van der Waals surface area contributed by atoms with Gasteiger partial charge in [0.2, 0.25) is 0 Å². The summed E-state index contributed by atoms with van der Waals surface area (Å²) in [6, 6.07) is 0. The summed E-state index contributed by atoms with van der Waals surface area (Å²) in [6.45, 7) is 4.26. The first-order valence-electron chi connectivity index (χ1n) is 4.12. The van der Waals surface area contributed by atoms with Crippen LogP contribution in [0.25, 0.3) is 0 Å². The van der Waals surface area contributed by atoms with E-state index in [1.54, 1.807) is 11.3 Å². The monoisotopic (exact) mass is 264 g/mol. The van der Waals surface area contributed by atoms with Crippen molar-refractivity contribution in [3.05, 3.63) is 20.8 Å². The van der Waals surface area contributed by atoms with Gasteiger partial charge in [-0.05, 0) is 35.2 Å². The Kier molecular flexibility index (Phi) is 4.38. The number of hydrogen-bond acceptors (Lipinski definition) is 3. The number of thiophene rings is 1. The molecule has 0 bridgehead atoms. The Morgan fingerprint density at radius 3 is 2.69 bits per heavy atom. The zero-order valence-corrected chi connectivity index (χ0v) is 10.1. The van der Waals surface area contributed by atoms with Crippen molar-refractivity contribution >= 4 is 27.3 Å². The molecule has 1 rings (SSSR count). The lowest BCUT2D eigenvalue weighted by molar-refractivity contribution is 0.00483. The Hall–Kier alpha value is 0.100. The summed E-state index contributed by atoms with van der Waals surface area (Å²) in [6.07, 6.45) is -0.366. The molecule has 1 unspecified atom stereocenters. The Bertz CT molecular complexity index is 260. The van der Waals surface area contributed by atoms with Crippen molar-refractivity contribution in [2.24, 2.45) is 0 Å². The van der Waals surface area contributed by atoms with Gasteiger partial charge in [-0.1, -0.05) is 0 Å². The van der Waals surface area contributed by atoms with Gasteiger partial charge < -0.3 is 9.84 Å². The predicted molar refractivity (Wildman–Crippen MR) is 58.1 cm³/mol. The van der Waals surface area contributed by atoms with Gasteiger partial charge in [-0.3, -0.25) is 0 Å². The van der Waals surface area contributed by atoms with Gasteiger partial charge in [0.05, 0.1) is 12.7 Å². The van der Waals surface area contributed by atoms with E-state index in [2.05, 4.69) is 15.9 Å². The molecule has 0 spiro atoms. The Balaban J connectivity index is 2.49. The van der Waals surface area contributed by atoms with Crippen LogP contribution in [-0.4, -0.2) is 17.8 Å². The highest BCUT2D eigenvalue weighted by atomic mass is 79.9. The van der Waals surface area contributed by atoms with Crippen LogP contribution >= 0.6 is 27.3 Å². The molecule has 1 atom stereocenters. The number of halogens is 1. The minimum Gasteiger partial charge on any atom is -0.386 e. The van der Waals surface area contributed by atoms with Crippen molar-refractivity contribution in [2.45, 2.75) is 26.1 Å². The first kappa shape index (κ1) is 11.2. The smallest absolute Gasteiger partial charge is 0.104 e. The maximum atomic E-state index is 9.69. The summed E-state index contributed by atoms with van der Waals surface area (Å²) in [5.41, 5.74) is 0.908. The molecule has 4 heteroatoms. The number of rotatable bonds is 4. The van der Waals surface area contributed by atoms with Crippen LogP contribution < -0.4 is 0 Å². The van der Waals surface area contributed by atoms with Crippen molar-refractivity contribution in [2.75, 3.05) is 6.61 Å². The second kappa shape index (κ2) is 5.10. The topological polar surface area (TPSA) is 29.5 Å². The van der Waals surface area contributed by atoms with Crippen LogP contribution in [0.5, 0.6) is 0 Å². The van der Waals surface area contributed by atoms with E-state index in [9.17, 15) is 5.11 Å². The van der Waals surface area contributed by atoms with Crippen LogP contribution in [0.1, 0.15) is 25.5 Å². The summed E-state index contributed by atoms with van der Waals surface area (Å²) < 4.78 is 6.27. The second-order valence-electron chi connectivity index (χ2n) is 3.07. The molecule has 0 saturated carbocycles. The normalized spacial score (nSPS) is 13.6. The third-order valence-electron chi connectivity index (χ3n) is 1.59. The van der Waals surface area contributed by atoms with E-state index in [4.69, 9.17) is 4.74 Å². The maximum absolute atomic E-state index is 9.69. The first-order valence-corrected chi connectivity index (χ1v) is 5.86. The average Bonchev–Trinajstić information content (AvgIpc) is 2.47. The highest BCUT2D eigenvalue weighted by molar-refractivity contribution is 9.10. The quantitative estimate of drug-likeness (QED) is 0.906. The molecule has 1 N–H and O–H groups in total. The minimum atomic E-state index is -0.525. The first-order chi connectivity index (χ1) is 6.11. The van der Waals surface area contributed by atoms with Gasteiger partial charge in [-0.15, -0.1) is 0 Å². The van der Waals surface area contributed by atoms with Crippen molar-refractivity contribution < 1.29 is 9.84 Å². The Morgan fingerprint density at radius 2 is 2.23 bits per heavy atom. The third kappa shape index (κ3) is 3.38. The van der Waals surface area contributed by atoms with E-state index in [0.717, 1.165) is 10.0 Å². The largest absolute Gasteiger partial charge is 0.386 e. The van der Waals surface area contributed by atoms with E-state index in [0.29, 0.717) is 6.61 Å². The molecule has 13 heavy (non-hydrogen) atoms. The van der Waals surface area contributed by atoms with Gasteiger partial charge in [0.15, 0.2) is 0 Å². The summed E-state index contributed by atoms with van der Waals surface area (Å²) in [4.78, 5) is 0. The molecule has 1 aromatic heterocycles. The number of ether oxygens (including phenoxy) is 1. The van der Waals surface area contributed by atoms with Gasteiger partial charge in [0, 0.05) is 15.4 Å². The van der Waals surface area contributed by atoms with Crippen LogP contribution in [0.3, 0.4) is 0 Å². The molecule has 2 nitrogen and oxygen atoms in total. The fraction of sp³-hybridized carbons (Fsp3) is 0.556. The summed E-state index contributed by atoms with van der Waals surface area (Å²) in [7, 11) is 0. The minimum absolute atomic E-state index is 0.159. The van der Waals surface area contributed by atoms with Crippen LogP contribution in [0.15, 0.2) is 15.2 Å². The molecule has 0 radical (unpaired) electrons. The number of hydrogen-bond donors (Lipinski definition) is 1. The van der Waals surface area contributed by atoms with Crippen molar-refractivity contribution in [1.82, 2.24) is 0 Å². The third-order valence-corrected chi connectivity index (χ3v) is 3.34. The molecule has 0 saturated heterocycles. The number of aliphatic hydroxyl groups excluding tert-OH is 1. The molecular weight excluding hydrogens is 252 g/mol. The second-order valence-corrected chi connectivity index (χ2v) is 4.67. The van der Waals surface area contributed by atoms with Crippen molar-refractivity contribution in [3.63, 3.8) is 0 Å². The van der Waals surface area contributed by atoms with Gasteiger partial charge in [-0.2, -0.15) is 11.3 Å². The lowest BCUT2D eigenvalue weighted by Crippen LogP contribution is -2.11. The molecule has 74 valence electrons. The molecule has 0 aromatic carbocycles. The molecule has 0 aliphatic carbocycles. The van der Waals surface area contributed by atoms with Gasteiger partial charge in [-0.25, -0.2) is 0 Å². The fourth-order valence-corrected chi connectivity index (χ4v) is 2.51.